The molecule has 142 valence electrons. The molecule has 25 heavy (non-hydrogen) atoms. The molecule has 0 saturated heterocycles. The van der Waals surface area contributed by atoms with E-state index in [0.717, 1.165) is 42.9 Å². The Balaban J connectivity index is 1.51. The average molecular weight is 349 g/mol. The third-order valence-corrected chi connectivity index (χ3v) is 9.01. The summed E-state index contributed by atoms with van der Waals surface area (Å²) in [5.74, 6) is 4.67. The van der Waals surface area contributed by atoms with Gasteiger partial charge in [0.2, 0.25) is 0 Å². The van der Waals surface area contributed by atoms with Crippen LogP contribution < -0.4 is 0 Å². The second kappa shape index (κ2) is 6.34. The molecule has 3 nitrogen and oxygen atoms in total. The third-order valence-electron chi connectivity index (χ3n) is 9.01. The van der Waals surface area contributed by atoms with Crippen molar-refractivity contribution in [2.24, 2.45) is 40.9 Å². The van der Waals surface area contributed by atoms with Gasteiger partial charge in [-0.25, -0.2) is 0 Å². The van der Waals surface area contributed by atoms with E-state index in [4.69, 9.17) is 4.74 Å². The number of ether oxygens (including phenoxy) is 1. The maximum Gasteiger partial charge on any atom is 0.133 e. The molecule has 0 aliphatic heterocycles. The van der Waals surface area contributed by atoms with Crippen molar-refractivity contribution in [1.29, 1.82) is 0 Å². The molecule has 4 rings (SSSR count). The second-order valence-electron chi connectivity index (χ2n) is 10.1. The van der Waals surface area contributed by atoms with Crippen LogP contribution in [0.3, 0.4) is 0 Å². The lowest BCUT2D eigenvalue weighted by Gasteiger charge is -2.57. The topological polar surface area (TPSA) is 46.5 Å². The van der Waals surface area contributed by atoms with E-state index in [1.807, 2.05) is 6.92 Å². The number of fused-ring (bicyclic) bond motifs is 5. The van der Waals surface area contributed by atoms with E-state index >= 15 is 0 Å². The molecule has 0 heterocycles. The zero-order chi connectivity index (χ0) is 17.8. The van der Waals surface area contributed by atoms with Crippen molar-refractivity contribution in [3.8, 4) is 0 Å². The number of ketones is 1. The van der Waals surface area contributed by atoms with Crippen molar-refractivity contribution in [3.05, 3.63) is 0 Å². The molecule has 0 aromatic heterocycles. The molecular weight excluding hydrogens is 312 g/mol. The van der Waals surface area contributed by atoms with Gasteiger partial charge in [0, 0.05) is 13.0 Å². The van der Waals surface area contributed by atoms with Crippen molar-refractivity contribution in [1.82, 2.24) is 0 Å². The number of Topliss-reactive ketones (excluding diaryl/α,β-unsaturated/α-hetero) is 1. The quantitative estimate of drug-likeness (QED) is 0.830. The first-order valence-corrected chi connectivity index (χ1v) is 10.6. The van der Waals surface area contributed by atoms with Crippen LogP contribution in [0.4, 0.5) is 0 Å². The second-order valence-corrected chi connectivity index (χ2v) is 10.1. The first kappa shape index (κ1) is 18.0. The van der Waals surface area contributed by atoms with Crippen LogP contribution in [-0.4, -0.2) is 30.2 Å². The van der Waals surface area contributed by atoms with Gasteiger partial charge in [0.15, 0.2) is 0 Å². The summed E-state index contributed by atoms with van der Waals surface area (Å²) in [6.07, 6.45) is 10.6. The summed E-state index contributed by atoms with van der Waals surface area (Å²) in [5.41, 5.74) is -0.315. The smallest absolute Gasteiger partial charge is 0.133 e. The average Bonchev–Trinajstić information content (AvgIpc) is 2.91. The highest BCUT2D eigenvalue weighted by Crippen LogP contribution is 2.64. The molecule has 2 unspecified atom stereocenters. The van der Waals surface area contributed by atoms with Gasteiger partial charge in [-0.15, -0.1) is 0 Å². The molecule has 0 amide bonds. The fraction of sp³-hybridized carbons (Fsp3) is 0.955. The van der Waals surface area contributed by atoms with Crippen LogP contribution in [0.2, 0.25) is 0 Å². The maximum absolute atomic E-state index is 12.2. The van der Waals surface area contributed by atoms with Crippen molar-refractivity contribution in [3.63, 3.8) is 0 Å². The van der Waals surface area contributed by atoms with E-state index in [1.54, 1.807) is 7.11 Å². The summed E-state index contributed by atoms with van der Waals surface area (Å²) in [6.45, 7) is 4.74. The maximum atomic E-state index is 12.2. The summed E-state index contributed by atoms with van der Waals surface area (Å²) in [4.78, 5) is 12.2. The Hall–Kier alpha value is -0.410. The highest BCUT2D eigenvalue weighted by atomic mass is 16.5. The molecule has 0 spiro atoms. The summed E-state index contributed by atoms with van der Waals surface area (Å²) < 4.78 is 5.29. The molecule has 3 heteroatoms. The van der Waals surface area contributed by atoms with Gasteiger partial charge in [-0.2, -0.15) is 0 Å². The fourth-order valence-electron chi connectivity index (χ4n) is 8.03. The SMILES string of the molecule is COCC1(O)CC[C@H]2C(CC[C@@H]3[C@@H]2CC[C@]2(C)[C@@H](C(C)=O)CC[C@@H]32)C1. The van der Waals surface area contributed by atoms with Gasteiger partial charge in [0.05, 0.1) is 12.2 Å². The Bertz CT molecular complexity index is 531. The minimum absolute atomic E-state index is 0.269. The summed E-state index contributed by atoms with van der Waals surface area (Å²) in [5, 5.41) is 10.8. The normalized spacial score (nSPS) is 52.2. The zero-order valence-corrected chi connectivity index (χ0v) is 16.3. The van der Waals surface area contributed by atoms with E-state index in [-0.39, 0.29) is 5.41 Å². The number of rotatable bonds is 3. The summed E-state index contributed by atoms with van der Waals surface area (Å²) in [6, 6.07) is 0. The molecule has 0 aromatic rings. The van der Waals surface area contributed by atoms with Crippen LogP contribution in [0.15, 0.2) is 0 Å². The molecule has 1 N–H and O–H groups in total. The molecule has 4 fully saturated rings. The van der Waals surface area contributed by atoms with Crippen molar-refractivity contribution in [2.45, 2.75) is 77.2 Å². The number of aliphatic hydroxyl groups is 1. The standard InChI is InChI=1S/C22H36O3/c1-14(23)19-6-7-20-18-5-4-15-12-22(24,13-25-3)11-9-16(15)17(18)8-10-21(19,20)2/h15-20,24H,4-13H2,1-3H3/t15?,16-,17+,18+,19+,20-,21+,22?/m0/s1. The van der Waals surface area contributed by atoms with Crippen LogP contribution in [0.25, 0.3) is 0 Å². The molecule has 4 aliphatic carbocycles. The number of carbonyl (C=O) groups excluding carboxylic acids is 1. The lowest BCUT2D eigenvalue weighted by atomic mass is 9.49. The van der Waals surface area contributed by atoms with E-state index in [1.165, 1.54) is 38.5 Å². The number of hydrogen-bond acceptors (Lipinski definition) is 3. The minimum Gasteiger partial charge on any atom is -0.387 e. The third kappa shape index (κ3) is 2.81. The predicted molar refractivity (Wildman–Crippen MR) is 98.1 cm³/mol. The molecular formula is C22H36O3. The Morgan fingerprint density at radius 3 is 2.52 bits per heavy atom. The Morgan fingerprint density at radius 2 is 1.80 bits per heavy atom. The number of carbonyl (C=O) groups is 1. The van der Waals surface area contributed by atoms with Crippen molar-refractivity contribution in [2.75, 3.05) is 13.7 Å². The van der Waals surface area contributed by atoms with Gasteiger partial charge in [0.25, 0.3) is 0 Å². The predicted octanol–water partition coefficient (Wildman–Crippen LogP) is 4.22. The van der Waals surface area contributed by atoms with Crippen LogP contribution >= 0.6 is 0 Å². The van der Waals surface area contributed by atoms with Crippen LogP contribution in [-0.2, 0) is 9.53 Å². The van der Waals surface area contributed by atoms with Crippen molar-refractivity contribution >= 4 is 5.78 Å². The van der Waals surface area contributed by atoms with Crippen LogP contribution in [0.1, 0.15) is 71.6 Å². The molecule has 0 aromatic carbocycles. The van der Waals surface area contributed by atoms with Crippen LogP contribution in [0, 0.1) is 40.9 Å². The first-order chi connectivity index (χ1) is 11.9. The Labute approximate surface area is 152 Å². The fourth-order valence-corrected chi connectivity index (χ4v) is 8.03. The van der Waals surface area contributed by atoms with E-state index in [2.05, 4.69) is 6.92 Å². The van der Waals surface area contributed by atoms with Crippen LogP contribution in [0.5, 0.6) is 0 Å². The largest absolute Gasteiger partial charge is 0.387 e. The zero-order valence-electron chi connectivity index (χ0n) is 16.3. The summed E-state index contributed by atoms with van der Waals surface area (Å²) in [7, 11) is 1.70. The highest BCUT2D eigenvalue weighted by molar-refractivity contribution is 5.79. The first-order valence-electron chi connectivity index (χ1n) is 10.6. The lowest BCUT2D eigenvalue weighted by molar-refractivity contribution is -0.134. The molecule has 4 aliphatic rings. The van der Waals surface area contributed by atoms with Gasteiger partial charge in [0.1, 0.15) is 5.78 Å². The number of methoxy groups -OCH3 is 1. The molecule has 0 radical (unpaired) electrons. The Morgan fingerprint density at radius 1 is 1.04 bits per heavy atom. The monoisotopic (exact) mass is 348 g/mol. The van der Waals surface area contributed by atoms with Gasteiger partial charge in [-0.3, -0.25) is 4.79 Å². The Kier molecular flexibility index (Phi) is 4.56. The summed E-state index contributed by atoms with van der Waals surface area (Å²) >= 11 is 0. The highest BCUT2D eigenvalue weighted by Gasteiger charge is 2.58. The van der Waals surface area contributed by atoms with Gasteiger partial charge >= 0.3 is 0 Å². The van der Waals surface area contributed by atoms with E-state index < -0.39 is 5.60 Å². The van der Waals surface area contributed by atoms with Gasteiger partial charge in [-0.1, -0.05) is 6.92 Å². The van der Waals surface area contributed by atoms with Gasteiger partial charge < -0.3 is 9.84 Å². The molecule has 0 bridgehead atoms. The van der Waals surface area contributed by atoms with Crippen molar-refractivity contribution < 1.29 is 14.6 Å². The number of hydrogen-bond donors (Lipinski definition) is 1. The minimum atomic E-state index is -0.584. The molecule has 4 saturated carbocycles. The van der Waals surface area contributed by atoms with E-state index in [9.17, 15) is 9.90 Å². The lowest BCUT2D eigenvalue weighted by Crippen LogP contribution is -2.52. The molecule has 8 atom stereocenters. The van der Waals surface area contributed by atoms with E-state index in [0.29, 0.717) is 24.2 Å². The van der Waals surface area contributed by atoms with Gasteiger partial charge in [-0.05, 0) is 99.7 Å².